The van der Waals surface area contributed by atoms with E-state index in [-0.39, 0.29) is 5.41 Å². The summed E-state index contributed by atoms with van der Waals surface area (Å²) in [7, 11) is 1.67. The van der Waals surface area contributed by atoms with Gasteiger partial charge >= 0.3 is 0 Å². The lowest BCUT2D eigenvalue weighted by atomic mass is 9.67. The predicted molar refractivity (Wildman–Crippen MR) is 58.9 cm³/mol. The summed E-state index contributed by atoms with van der Waals surface area (Å²) in [5.41, 5.74) is 6.02. The minimum Gasteiger partial charge on any atom is -0.384 e. The number of hydrogen-bond acceptors (Lipinski definition) is 5. The summed E-state index contributed by atoms with van der Waals surface area (Å²) in [6.07, 6.45) is 5.15. The van der Waals surface area contributed by atoms with Gasteiger partial charge in [-0.2, -0.15) is 4.98 Å². The van der Waals surface area contributed by atoms with Gasteiger partial charge in [-0.1, -0.05) is 11.6 Å². The molecule has 1 aliphatic rings. The van der Waals surface area contributed by atoms with Crippen molar-refractivity contribution in [2.24, 2.45) is 11.1 Å². The zero-order valence-electron chi connectivity index (χ0n) is 9.74. The molecule has 16 heavy (non-hydrogen) atoms. The molecular formula is C11H19N3O2. The minimum absolute atomic E-state index is 0.227. The first-order chi connectivity index (χ1) is 7.78. The SMILES string of the molecule is COCCc1noc(CC2(CN)CCC2)n1. The first-order valence-electron chi connectivity index (χ1n) is 5.78. The maximum Gasteiger partial charge on any atom is 0.227 e. The van der Waals surface area contributed by atoms with E-state index in [1.165, 1.54) is 19.3 Å². The van der Waals surface area contributed by atoms with Crippen molar-refractivity contribution in [2.75, 3.05) is 20.3 Å². The average molecular weight is 225 g/mol. The molecule has 1 aliphatic carbocycles. The van der Waals surface area contributed by atoms with Crippen LogP contribution >= 0.6 is 0 Å². The Kier molecular flexibility index (Phi) is 3.56. The number of rotatable bonds is 6. The zero-order valence-corrected chi connectivity index (χ0v) is 9.74. The first-order valence-corrected chi connectivity index (χ1v) is 5.78. The number of ether oxygens (including phenoxy) is 1. The Labute approximate surface area is 95.3 Å². The zero-order chi connectivity index (χ0) is 11.4. The van der Waals surface area contributed by atoms with Crippen molar-refractivity contribution < 1.29 is 9.26 Å². The summed E-state index contributed by atoms with van der Waals surface area (Å²) in [4.78, 5) is 4.35. The van der Waals surface area contributed by atoms with Gasteiger partial charge in [-0.3, -0.25) is 0 Å². The maximum absolute atomic E-state index is 5.79. The lowest BCUT2D eigenvalue weighted by Gasteiger charge is -2.39. The van der Waals surface area contributed by atoms with Crippen molar-refractivity contribution in [1.82, 2.24) is 10.1 Å². The Hall–Kier alpha value is -0.940. The number of nitrogens with two attached hydrogens (primary N) is 1. The highest BCUT2D eigenvalue weighted by Crippen LogP contribution is 2.42. The van der Waals surface area contributed by atoms with Crippen LogP contribution in [0.15, 0.2) is 4.52 Å². The van der Waals surface area contributed by atoms with Gasteiger partial charge in [-0.25, -0.2) is 0 Å². The summed E-state index contributed by atoms with van der Waals surface area (Å²) in [5.74, 6) is 1.44. The Morgan fingerprint density at radius 2 is 2.31 bits per heavy atom. The van der Waals surface area contributed by atoms with E-state index < -0.39 is 0 Å². The van der Waals surface area contributed by atoms with E-state index in [9.17, 15) is 0 Å². The molecule has 2 rings (SSSR count). The lowest BCUT2D eigenvalue weighted by Crippen LogP contribution is -2.39. The molecule has 0 amide bonds. The summed E-state index contributed by atoms with van der Waals surface area (Å²) >= 11 is 0. The van der Waals surface area contributed by atoms with Gasteiger partial charge in [0.1, 0.15) is 0 Å². The Morgan fingerprint density at radius 1 is 1.50 bits per heavy atom. The van der Waals surface area contributed by atoms with Crippen LogP contribution in [0.2, 0.25) is 0 Å². The van der Waals surface area contributed by atoms with E-state index in [1.807, 2.05) is 0 Å². The molecule has 1 aromatic heterocycles. The molecule has 1 heterocycles. The van der Waals surface area contributed by atoms with Crippen molar-refractivity contribution in [3.63, 3.8) is 0 Å². The van der Waals surface area contributed by atoms with Crippen molar-refractivity contribution in [2.45, 2.75) is 32.1 Å². The van der Waals surface area contributed by atoms with Gasteiger partial charge in [0.05, 0.1) is 6.61 Å². The number of nitrogens with zero attached hydrogens (tertiary/aromatic N) is 2. The summed E-state index contributed by atoms with van der Waals surface area (Å²) in [5, 5.41) is 3.92. The Balaban J connectivity index is 1.91. The predicted octanol–water partition coefficient (Wildman–Crippen LogP) is 0.930. The van der Waals surface area contributed by atoms with E-state index in [4.69, 9.17) is 15.0 Å². The van der Waals surface area contributed by atoms with E-state index in [0.717, 1.165) is 18.1 Å². The van der Waals surface area contributed by atoms with Crippen LogP contribution in [-0.4, -0.2) is 30.4 Å². The fourth-order valence-corrected chi connectivity index (χ4v) is 2.11. The summed E-state index contributed by atoms with van der Waals surface area (Å²) in [6, 6.07) is 0. The van der Waals surface area contributed by atoms with Gasteiger partial charge in [-0.15, -0.1) is 0 Å². The van der Waals surface area contributed by atoms with E-state index in [1.54, 1.807) is 7.11 Å². The number of methoxy groups -OCH3 is 1. The molecule has 0 bridgehead atoms. The van der Waals surface area contributed by atoms with E-state index in [2.05, 4.69) is 10.1 Å². The number of aromatic nitrogens is 2. The molecule has 90 valence electrons. The van der Waals surface area contributed by atoms with Crippen LogP contribution in [0, 0.1) is 5.41 Å². The molecule has 0 spiro atoms. The van der Waals surface area contributed by atoms with Gasteiger partial charge in [0, 0.05) is 20.0 Å². The van der Waals surface area contributed by atoms with Gasteiger partial charge in [0.25, 0.3) is 0 Å². The summed E-state index contributed by atoms with van der Waals surface area (Å²) < 4.78 is 10.2. The lowest BCUT2D eigenvalue weighted by molar-refractivity contribution is 0.129. The van der Waals surface area contributed by atoms with Crippen LogP contribution in [0.5, 0.6) is 0 Å². The Bertz CT molecular complexity index is 328. The topological polar surface area (TPSA) is 74.2 Å². The van der Waals surface area contributed by atoms with Crippen LogP contribution in [0.25, 0.3) is 0 Å². The molecule has 1 saturated carbocycles. The van der Waals surface area contributed by atoms with E-state index in [0.29, 0.717) is 19.6 Å². The van der Waals surface area contributed by atoms with Gasteiger partial charge in [-0.05, 0) is 24.8 Å². The summed E-state index contributed by atoms with van der Waals surface area (Å²) in [6.45, 7) is 1.34. The normalized spacial score (nSPS) is 18.4. The largest absolute Gasteiger partial charge is 0.384 e. The molecule has 5 heteroatoms. The third-order valence-corrected chi connectivity index (χ3v) is 3.41. The monoisotopic (exact) mass is 225 g/mol. The highest BCUT2D eigenvalue weighted by atomic mass is 16.5. The molecule has 0 radical (unpaired) electrons. The minimum atomic E-state index is 0.227. The second-order valence-electron chi connectivity index (χ2n) is 4.58. The molecule has 0 aliphatic heterocycles. The molecule has 1 fully saturated rings. The van der Waals surface area contributed by atoms with Crippen LogP contribution in [-0.2, 0) is 17.6 Å². The second-order valence-corrected chi connectivity index (χ2v) is 4.58. The molecule has 0 unspecified atom stereocenters. The smallest absolute Gasteiger partial charge is 0.227 e. The maximum atomic E-state index is 5.79. The fourth-order valence-electron chi connectivity index (χ4n) is 2.11. The first kappa shape index (κ1) is 11.5. The fraction of sp³-hybridized carbons (Fsp3) is 0.818. The van der Waals surface area contributed by atoms with Crippen molar-refractivity contribution >= 4 is 0 Å². The van der Waals surface area contributed by atoms with Gasteiger partial charge in [0.15, 0.2) is 5.82 Å². The quantitative estimate of drug-likeness (QED) is 0.779. The highest BCUT2D eigenvalue weighted by Gasteiger charge is 2.37. The number of hydrogen-bond donors (Lipinski definition) is 1. The van der Waals surface area contributed by atoms with Crippen LogP contribution < -0.4 is 5.73 Å². The van der Waals surface area contributed by atoms with Gasteiger partial charge in [0.2, 0.25) is 5.89 Å². The Morgan fingerprint density at radius 3 is 2.88 bits per heavy atom. The molecule has 0 atom stereocenters. The molecule has 5 nitrogen and oxygen atoms in total. The molecule has 0 saturated heterocycles. The molecule has 2 N–H and O–H groups in total. The average Bonchev–Trinajstić information content (AvgIpc) is 2.68. The third kappa shape index (κ3) is 2.41. The van der Waals surface area contributed by atoms with Crippen LogP contribution in [0.3, 0.4) is 0 Å². The van der Waals surface area contributed by atoms with Crippen LogP contribution in [0.1, 0.15) is 31.0 Å². The highest BCUT2D eigenvalue weighted by molar-refractivity contribution is 4.97. The van der Waals surface area contributed by atoms with Crippen molar-refractivity contribution in [3.8, 4) is 0 Å². The third-order valence-electron chi connectivity index (χ3n) is 3.41. The second kappa shape index (κ2) is 4.93. The van der Waals surface area contributed by atoms with Crippen molar-refractivity contribution in [1.29, 1.82) is 0 Å². The van der Waals surface area contributed by atoms with Gasteiger partial charge < -0.3 is 15.0 Å². The van der Waals surface area contributed by atoms with Crippen molar-refractivity contribution in [3.05, 3.63) is 11.7 Å². The van der Waals surface area contributed by atoms with Crippen LogP contribution in [0.4, 0.5) is 0 Å². The van der Waals surface area contributed by atoms with E-state index >= 15 is 0 Å². The molecule has 1 aromatic rings. The molecule has 0 aromatic carbocycles. The standard InChI is InChI=1S/C11H19N3O2/c1-15-6-3-9-13-10(16-14-9)7-11(8-12)4-2-5-11/h2-8,12H2,1H3. The molecular weight excluding hydrogens is 206 g/mol.